The number of amides is 1. The first-order valence-electron chi connectivity index (χ1n) is 12.7. The summed E-state index contributed by atoms with van der Waals surface area (Å²) < 4.78 is 38.9. The number of aryl methyl sites for hydroxylation is 1. The van der Waals surface area contributed by atoms with Gasteiger partial charge in [-0.25, -0.2) is 8.42 Å². The third kappa shape index (κ3) is 8.31. The Kier molecular flexibility index (Phi) is 10.8. The number of ether oxygens (including phenoxy) is 2. The predicted molar refractivity (Wildman–Crippen MR) is 153 cm³/mol. The Balaban J connectivity index is 1.82. The molecule has 1 aromatic heterocycles. The third-order valence-electron chi connectivity index (χ3n) is 6.24. The van der Waals surface area contributed by atoms with Crippen LogP contribution in [0, 0.1) is 12.8 Å². The zero-order valence-corrected chi connectivity index (χ0v) is 24.5. The highest BCUT2D eigenvalue weighted by molar-refractivity contribution is 7.88. The minimum absolute atomic E-state index is 0.0769. The van der Waals surface area contributed by atoms with E-state index in [9.17, 15) is 13.2 Å². The van der Waals surface area contributed by atoms with Gasteiger partial charge in [0.15, 0.2) is 11.5 Å². The Labute approximate surface area is 231 Å². The van der Waals surface area contributed by atoms with Crippen LogP contribution in [0.15, 0.2) is 60.0 Å². The summed E-state index contributed by atoms with van der Waals surface area (Å²) in [6.45, 7) is 6.91. The second-order valence-corrected chi connectivity index (χ2v) is 12.7. The van der Waals surface area contributed by atoms with E-state index in [4.69, 9.17) is 9.47 Å². The van der Waals surface area contributed by atoms with E-state index in [0.29, 0.717) is 36.6 Å². The molecule has 9 heteroatoms. The highest BCUT2D eigenvalue weighted by Gasteiger charge is 2.28. The number of hydrogen-bond acceptors (Lipinski definition) is 6. The maximum Gasteiger partial charge on any atom is 0.238 e. The Hall–Kier alpha value is -2.88. The molecular weight excluding hydrogens is 520 g/mol. The average molecular weight is 559 g/mol. The summed E-state index contributed by atoms with van der Waals surface area (Å²) in [6.07, 6.45) is 0.595. The molecule has 0 N–H and O–H groups in total. The Morgan fingerprint density at radius 1 is 0.974 bits per heavy atom. The molecule has 0 saturated carbocycles. The quantitative estimate of drug-likeness (QED) is 0.274. The smallest absolute Gasteiger partial charge is 0.238 e. The molecule has 7 nitrogen and oxygen atoms in total. The summed E-state index contributed by atoms with van der Waals surface area (Å²) in [6, 6.07) is 16.8. The van der Waals surface area contributed by atoms with Gasteiger partial charge in [-0.15, -0.1) is 11.3 Å². The van der Waals surface area contributed by atoms with Crippen LogP contribution < -0.4 is 9.47 Å². The lowest BCUT2D eigenvalue weighted by Crippen LogP contribution is -2.45. The monoisotopic (exact) mass is 558 g/mol. The molecule has 0 aliphatic rings. The van der Waals surface area contributed by atoms with Crippen LogP contribution in [0.2, 0.25) is 0 Å². The zero-order valence-electron chi connectivity index (χ0n) is 22.8. The van der Waals surface area contributed by atoms with Crippen LogP contribution in [0.4, 0.5) is 0 Å². The van der Waals surface area contributed by atoms with Crippen LogP contribution in [-0.2, 0) is 33.5 Å². The normalized spacial score (nSPS) is 11.7. The van der Waals surface area contributed by atoms with Gasteiger partial charge in [0.25, 0.3) is 0 Å². The van der Waals surface area contributed by atoms with E-state index in [2.05, 4.69) is 0 Å². The fraction of sp³-hybridized carbons (Fsp3) is 0.414. The van der Waals surface area contributed by atoms with Gasteiger partial charge in [-0.3, -0.25) is 4.79 Å². The molecular formula is C29H38N2O5S2. The topological polar surface area (TPSA) is 76.2 Å². The van der Waals surface area contributed by atoms with Crippen LogP contribution in [0.1, 0.15) is 35.4 Å². The number of rotatable bonds is 14. The van der Waals surface area contributed by atoms with E-state index < -0.39 is 10.0 Å². The molecule has 0 aliphatic carbocycles. The fourth-order valence-electron chi connectivity index (χ4n) is 4.14. The zero-order chi connectivity index (χ0) is 27.7. The van der Waals surface area contributed by atoms with E-state index >= 15 is 0 Å². The molecule has 2 aromatic carbocycles. The largest absolute Gasteiger partial charge is 0.493 e. The van der Waals surface area contributed by atoms with Crippen LogP contribution in [0.5, 0.6) is 11.5 Å². The molecule has 0 radical (unpaired) electrons. The first kappa shape index (κ1) is 29.7. The van der Waals surface area contributed by atoms with Gasteiger partial charge in [-0.2, -0.15) is 4.31 Å². The van der Waals surface area contributed by atoms with Gasteiger partial charge in [0.05, 0.1) is 33.1 Å². The Morgan fingerprint density at radius 3 is 2.29 bits per heavy atom. The molecule has 0 spiro atoms. The summed E-state index contributed by atoms with van der Waals surface area (Å²) in [5.74, 6) is 1.01. The molecule has 0 fully saturated rings. The van der Waals surface area contributed by atoms with Gasteiger partial charge in [0.2, 0.25) is 15.9 Å². The number of hydrogen-bond donors (Lipinski definition) is 0. The number of thiophene rings is 1. The summed E-state index contributed by atoms with van der Waals surface area (Å²) in [4.78, 5) is 16.6. The molecule has 1 heterocycles. The van der Waals surface area contributed by atoms with Crippen molar-refractivity contribution >= 4 is 27.3 Å². The number of sulfonamides is 1. The molecule has 0 atom stereocenters. The van der Waals surface area contributed by atoms with Gasteiger partial charge >= 0.3 is 0 Å². The third-order valence-corrected chi connectivity index (χ3v) is 9.01. The fourth-order valence-corrected chi connectivity index (χ4v) is 6.69. The maximum absolute atomic E-state index is 13.7. The lowest BCUT2D eigenvalue weighted by molar-refractivity contribution is -0.132. The lowest BCUT2D eigenvalue weighted by Gasteiger charge is -2.28. The first-order chi connectivity index (χ1) is 18.1. The van der Waals surface area contributed by atoms with Gasteiger partial charge in [0.1, 0.15) is 0 Å². The predicted octanol–water partition coefficient (Wildman–Crippen LogP) is 5.13. The second-order valence-electron chi connectivity index (χ2n) is 9.71. The molecule has 206 valence electrons. The molecule has 38 heavy (non-hydrogen) atoms. The summed E-state index contributed by atoms with van der Waals surface area (Å²) in [5.41, 5.74) is 2.82. The molecule has 0 saturated heterocycles. The minimum atomic E-state index is -3.70. The van der Waals surface area contributed by atoms with Crippen LogP contribution in [-0.4, -0.2) is 57.4 Å². The van der Waals surface area contributed by atoms with Gasteiger partial charge in [-0.05, 0) is 59.5 Å². The SMILES string of the molecule is COc1ccc(CCN(Cc2sccc2C)C(=O)CN(CC(C)C)S(=O)(=O)Cc2ccccc2)cc1OC. The lowest BCUT2D eigenvalue weighted by atomic mass is 10.1. The Morgan fingerprint density at radius 2 is 1.68 bits per heavy atom. The first-order valence-corrected chi connectivity index (χ1v) is 15.1. The highest BCUT2D eigenvalue weighted by Crippen LogP contribution is 2.28. The molecule has 1 amide bonds. The summed E-state index contributed by atoms with van der Waals surface area (Å²) >= 11 is 1.60. The molecule has 0 aliphatic heterocycles. The molecule has 0 bridgehead atoms. The highest BCUT2D eigenvalue weighted by atomic mass is 32.2. The number of benzene rings is 2. The maximum atomic E-state index is 13.7. The van der Waals surface area contributed by atoms with E-state index in [1.165, 1.54) is 4.31 Å². The van der Waals surface area contributed by atoms with Crippen molar-refractivity contribution in [3.63, 3.8) is 0 Å². The average Bonchev–Trinajstić information content (AvgIpc) is 3.29. The summed E-state index contributed by atoms with van der Waals surface area (Å²) in [7, 11) is -0.508. The molecule has 3 aromatic rings. The van der Waals surface area contributed by atoms with Crippen molar-refractivity contribution in [1.82, 2.24) is 9.21 Å². The van der Waals surface area contributed by atoms with Gasteiger partial charge in [-0.1, -0.05) is 50.2 Å². The minimum Gasteiger partial charge on any atom is -0.493 e. The Bertz CT molecular complexity index is 1290. The van der Waals surface area contributed by atoms with Gasteiger partial charge < -0.3 is 14.4 Å². The van der Waals surface area contributed by atoms with Crippen molar-refractivity contribution in [2.45, 2.75) is 39.5 Å². The van der Waals surface area contributed by atoms with Crippen LogP contribution >= 0.6 is 11.3 Å². The van der Waals surface area contributed by atoms with E-state index in [0.717, 1.165) is 16.0 Å². The van der Waals surface area contributed by atoms with Crippen LogP contribution in [0.25, 0.3) is 0 Å². The second kappa shape index (κ2) is 13.8. The van der Waals surface area contributed by atoms with E-state index in [-0.39, 0.29) is 30.7 Å². The number of carbonyl (C=O) groups is 1. The molecule has 3 rings (SSSR count). The van der Waals surface area contributed by atoms with Gasteiger partial charge in [0, 0.05) is 18.0 Å². The van der Waals surface area contributed by atoms with Crippen LogP contribution in [0.3, 0.4) is 0 Å². The van der Waals surface area contributed by atoms with Crippen molar-refractivity contribution in [1.29, 1.82) is 0 Å². The van der Waals surface area contributed by atoms with Crippen molar-refractivity contribution < 1.29 is 22.7 Å². The van der Waals surface area contributed by atoms with Crippen molar-refractivity contribution in [3.05, 3.63) is 81.5 Å². The standard InChI is InChI=1S/C29H38N2O5S2/c1-22(2)18-31(38(33,34)21-25-9-7-6-8-10-25)20-29(32)30(19-28-23(3)14-16-37-28)15-13-24-11-12-26(35-4)27(17-24)36-5/h6-12,14,16-17,22H,13,15,18-21H2,1-5H3. The van der Waals surface area contributed by atoms with E-state index in [1.807, 2.05) is 68.6 Å². The number of carbonyl (C=O) groups excluding carboxylic acids is 1. The number of nitrogens with zero attached hydrogens (tertiary/aromatic N) is 2. The number of methoxy groups -OCH3 is 2. The van der Waals surface area contributed by atoms with Crippen molar-refractivity contribution in [3.8, 4) is 11.5 Å². The van der Waals surface area contributed by atoms with E-state index in [1.54, 1.807) is 42.6 Å². The van der Waals surface area contributed by atoms with Crippen molar-refractivity contribution in [2.24, 2.45) is 5.92 Å². The summed E-state index contributed by atoms with van der Waals surface area (Å²) in [5, 5.41) is 2.01. The van der Waals surface area contributed by atoms with Crippen molar-refractivity contribution in [2.75, 3.05) is 33.9 Å². The molecule has 0 unspecified atom stereocenters.